The van der Waals surface area contributed by atoms with Gasteiger partial charge in [0.25, 0.3) is 0 Å². The summed E-state index contributed by atoms with van der Waals surface area (Å²) in [5, 5.41) is 9.71. The number of rotatable bonds is 6. The lowest BCUT2D eigenvalue weighted by atomic mass is 10.1. The van der Waals surface area contributed by atoms with Crippen LogP contribution < -0.4 is 10.5 Å². The van der Waals surface area contributed by atoms with Crippen molar-refractivity contribution in [1.29, 1.82) is 0 Å². The largest absolute Gasteiger partial charge is 0.398 e. The lowest BCUT2D eigenvalue weighted by Gasteiger charge is -2.15. The van der Waals surface area contributed by atoms with Crippen LogP contribution >= 0.6 is 0 Å². The molecule has 108 valence electrons. The molecule has 1 atom stereocenters. The van der Waals surface area contributed by atoms with Gasteiger partial charge in [0, 0.05) is 6.54 Å². The molecule has 1 unspecified atom stereocenters. The Kier molecular flexibility index (Phi) is 5.34. The predicted molar refractivity (Wildman–Crippen MR) is 76.2 cm³/mol. The highest BCUT2D eigenvalue weighted by molar-refractivity contribution is 7.89. The maximum atomic E-state index is 12.2. The molecule has 0 spiro atoms. The van der Waals surface area contributed by atoms with Gasteiger partial charge in [-0.1, -0.05) is 26.0 Å². The van der Waals surface area contributed by atoms with Gasteiger partial charge in [-0.3, -0.25) is 0 Å². The van der Waals surface area contributed by atoms with E-state index in [1.54, 1.807) is 25.1 Å². The maximum Gasteiger partial charge on any atom is 0.242 e. The Morgan fingerprint density at radius 1 is 1.37 bits per heavy atom. The summed E-state index contributed by atoms with van der Waals surface area (Å²) in [6.45, 7) is 5.62. The molecule has 0 aromatic heterocycles. The summed E-state index contributed by atoms with van der Waals surface area (Å²) in [4.78, 5) is 0.0896. The van der Waals surface area contributed by atoms with E-state index >= 15 is 0 Å². The van der Waals surface area contributed by atoms with E-state index in [0.717, 1.165) is 0 Å². The van der Waals surface area contributed by atoms with E-state index in [1.165, 1.54) is 0 Å². The molecule has 0 heterocycles. The van der Waals surface area contributed by atoms with E-state index in [0.29, 0.717) is 17.9 Å². The van der Waals surface area contributed by atoms with E-state index in [4.69, 9.17) is 5.73 Å². The number of sulfonamides is 1. The normalized spacial score (nSPS) is 13.7. The van der Waals surface area contributed by atoms with Crippen LogP contribution in [0.4, 0.5) is 5.69 Å². The molecule has 0 saturated heterocycles. The fourth-order valence-corrected chi connectivity index (χ4v) is 3.37. The average Bonchev–Trinajstić information content (AvgIpc) is 2.25. The topological polar surface area (TPSA) is 92.4 Å². The Morgan fingerprint density at radius 2 is 2.00 bits per heavy atom. The van der Waals surface area contributed by atoms with Gasteiger partial charge in [-0.2, -0.15) is 0 Å². The minimum absolute atomic E-state index is 0.00567. The highest BCUT2D eigenvalue weighted by Crippen LogP contribution is 2.21. The van der Waals surface area contributed by atoms with Crippen LogP contribution in [0.5, 0.6) is 0 Å². The van der Waals surface area contributed by atoms with E-state index in [2.05, 4.69) is 4.72 Å². The van der Waals surface area contributed by atoms with Crippen molar-refractivity contribution in [3.8, 4) is 0 Å². The lowest BCUT2D eigenvalue weighted by Crippen LogP contribution is -2.33. The van der Waals surface area contributed by atoms with Gasteiger partial charge >= 0.3 is 0 Å². The zero-order valence-electron chi connectivity index (χ0n) is 11.6. The fourth-order valence-electron chi connectivity index (χ4n) is 1.95. The molecule has 0 saturated carbocycles. The SMILES string of the molecule is Cc1cccc(N)c1S(=O)(=O)NCC(O)CC(C)C. The number of hydrogen-bond donors (Lipinski definition) is 3. The smallest absolute Gasteiger partial charge is 0.242 e. The van der Waals surface area contributed by atoms with Crippen molar-refractivity contribution >= 4 is 15.7 Å². The summed E-state index contributed by atoms with van der Waals surface area (Å²) < 4.78 is 26.7. The van der Waals surface area contributed by atoms with Crippen LogP contribution in [-0.4, -0.2) is 26.2 Å². The number of nitrogens with one attached hydrogen (secondary N) is 1. The van der Waals surface area contributed by atoms with Gasteiger partial charge in [0.1, 0.15) is 4.90 Å². The molecule has 0 bridgehead atoms. The standard InChI is InChI=1S/C13H22N2O3S/c1-9(2)7-11(16)8-15-19(17,18)13-10(3)5-4-6-12(13)14/h4-6,9,11,15-16H,7-8,14H2,1-3H3. The van der Waals surface area contributed by atoms with E-state index in [1.807, 2.05) is 13.8 Å². The van der Waals surface area contributed by atoms with Crippen LogP contribution in [-0.2, 0) is 10.0 Å². The highest BCUT2D eigenvalue weighted by atomic mass is 32.2. The Morgan fingerprint density at radius 3 is 2.53 bits per heavy atom. The second-order valence-corrected chi connectivity index (χ2v) is 6.83. The van der Waals surface area contributed by atoms with Crippen molar-refractivity contribution in [2.45, 2.75) is 38.2 Å². The molecule has 5 nitrogen and oxygen atoms in total. The number of aliphatic hydroxyl groups is 1. The lowest BCUT2D eigenvalue weighted by molar-refractivity contribution is 0.152. The molecule has 19 heavy (non-hydrogen) atoms. The molecular weight excluding hydrogens is 264 g/mol. The Labute approximate surface area is 114 Å². The number of aliphatic hydroxyl groups excluding tert-OH is 1. The van der Waals surface area contributed by atoms with Crippen LogP contribution in [0.15, 0.2) is 23.1 Å². The van der Waals surface area contributed by atoms with Crippen LogP contribution in [0.1, 0.15) is 25.8 Å². The van der Waals surface area contributed by atoms with Gasteiger partial charge in [0.2, 0.25) is 10.0 Å². The quantitative estimate of drug-likeness (QED) is 0.686. The second-order valence-electron chi connectivity index (χ2n) is 5.13. The van der Waals surface area contributed by atoms with Crippen molar-refractivity contribution < 1.29 is 13.5 Å². The first-order chi connectivity index (χ1) is 8.74. The fraction of sp³-hybridized carbons (Fsp3) is 0.538. The molecule has 1 aromatic carbocycles. The third-order valence-corrected chi connectivity index (χ3v) is 4.41. The highest BCUT2D eigenvalue weighted by Gasteiger charge is 2.20. The summed E-state index contributed by atoms with van der Waals surface area (Å²) in [7, 11) is -3.69. The summed E-state index contributed by atoms with van der Waals surface area (Å²) in [5.41, 5.74) is 6.52. The Balaban J connectivity index is 2.82. The summed E-state index contributed by atoms with van der Waals surface area (Å²) in [6.07, 6.45) is -0.147. The van der Waals surface area contributed by atoms with Crippen molar-refractivity contribution in [3.63, 3.8) is 0 Å². The molecule has 0 fully saturated rings. The first-order valence-corrected chi connectivity index (χ1v) is 7.75. The molecule has 1 aromatic rings. The second kappa shape index (κ2) is 6.36. The van der Waals surface area contributed by atoms with Crippen LogP contribution in [0.3, 0.4) is 0 Å². The number of nitrogens with two attached hydrogens (primary N) is 1. The Hall–Kier alpha value is -1.11. The molecule has 4 N–H and O–H groups in total. The number of nitrogen functional groups attached to an aromatic ring is 1. The van der Waals surface area contributed by atoms with Crippen LogP contribution in [0.2, 0.25) is 0 Å². The number of anilines is 1. The minimum atomic E-state index is -3.69. The monoisotopic (exact) mass is 286 g/mol. The van der Waals surface area contributed by atoms with Crippen molar-refractivity contribution in [1.82, 2.24) is 4.72 Å². The minimum Gasteiger partial charge on any atom is -0.398 e. The zero-order valence-corrected chi connectivity index (χ0v) is 12.4. The van der Waals surface area contributed by atoms with E-state index in [9.17, 15) is 13.5 Å². The first kappa shape index (κ1) is 15.9. The molecule has 0 amide bonds. The third-order valence-electron chi connectivity index (χ3n) is 2.76. The molecule has 0 aliphatic carbocycles. The van der Waals surface area contributed by atoms with Gasteiger partial charge in [-0.15, -0.1) is 0 Å². The van der Waals surface area contributed by atoms with Gasteiger partial charge in [-0.05, 0) is 30.9 Å². The average molecular weight is 286 g/mol. The first-order valence-electron chi connectivity index (χ1n) is 6.27. The number of aryl methyl sites for hydroxylation is 1. The maximum absolute atomic E-state index is 12.2. The van der Waals surface area contributed by atoms with Gasteiger partial charge in [-0.25, -0.2) is 13.1 Å². The molecule has 0 aliphatic rings. The van der Waals surface area contributed by atoms with Crippen LogP contribution in [0, 0.1) is 12.8 Å². The van der Waals surface area contributed by atoms with Gasteiger partial charge < -0.3 is 10.8 Å². The van der Waals surface area contributed by atoms with E-state index in [-0.39, 0.29) is 17.1 Å². The van der Waals surface area contributed by atoms with Crippen molar-refractivity contribution in [2.24, 2.45) is 5.92 Å². The molecular formula is C13H22N2O3S. The third kappa shape index (κ3) is 4.49. The Bertz CT molecular complexity index is 506. The molecule has 0 radical (unpaired) electrons. The number of benzene rings is 1. The van der Waals surface area contributed by atoms with Gasteiger partial charge in [0.05, 0.1) is 11.8 Å². The van der Waals surface area contributed by atoms with Crippen molar-refractivity contribution in [2.75, 3.05) is 12.3 Å². The van der Waals surface area contributed by atoms with Crippen LogP contribution in [0.25, 0.3) is 0 Å². The molecule has 1 rings (SSSR count). The number of hydrogen-bond acceptors (Lipinski definition) is 4. The zero-order chi connectivity index (χ0) is 14.6. The predicted octanol–water partition coefficient (Wildman–Crippen LogP) is 1.26. The summed E-state index contributed by atoms with van der Waals surface area (Å²) in [6, 6.07) is 4.94. The van der Waals surface area contributed by atoms with Crippen molar-refractivity contribution in [3.05, 3.63) is 23.8 Å². The van der Waals surface area contributed by atoms with E-state index < -0.39 is 16.1 Å². The molecule has 6 heteroatoms. The summed E-state index contributed by atoms with van der Waals surface area (Å²) in [5.74, 6) is 0.308. The van der Waals surface area contributed by atoms with Gasteiger partial charge in [0.15, 0.2) is 0 Å². The summed E-state index contributed by atoms with van der Waals surface area (Å²) >= 11 is 0. The molecule has 0 aliphatic heterocycles.